The van der Waals surface area contributed by atoms with Gasteiger partial charge in [0.15, 0.2) is 5.08 Å². The third-order valence-electron chi connectivity index (χ3n) is 4.26. The van der Waals surface area contributed by atoms with Crippen LogP contribution >= 0.6 is 11.8 Å². The lowest BCUT2D eigenvalue weighted by atomic mass is 10.00. The van der Waals surface area contributed by atoms with Crippen molar-refractivity contribution in [2.45, 2.75) is 24.8 Å². The summed E-state index contributed by atoms with van der Waals surface area (Å²) in [6, 6.07) is 16.5. The molecule has 0 saturated carbocycles. The van der Waals surface area contributed by atoms with E-state index in [1.165, 1.54) is 24.0 Å². The number of unbranched alkanes of at least 4 members (excludes halogenated alkanes) is 1. The molecule has 0 radical (unpaired) electrons. The highest BCUT2D eigenvalue weighted by Crippen LogP contribution is 2.34. The van der Waals surface area contributed by atoms with Crippen molar-refractivity contribution in [2.75, 3.05) is 10.8 Å². The lowest BCUT2D eigenvalue weighted by Gasteiger charge is -2.14. The molecule has 148 valence electrons. The molecule has 3 rings (SSSR count). The highest BCUT2D eigenvalue weighted by molar-refractivity contribution is 8.12. The first-order valence-corrected chi connectivity index (χ1v) is 11.7. The van der Waals surface area contributed by atoms with Gasteiger partial charge < -0.3 is 4.55 Å². The Labute approximate surface area is 177 Å². The number of nitriles is 1. The molecule has 0 bridgehead atoms. The normalized spacial score (nSPS) is 11.8. The van der Waals surface area contributed by atoms with Crippen LogP contribution in [0.25, 0.3) is 22.4 Å². The van der Waals surface area contributed by atoms with E-state index in [2.05, 4.69) is 23.0 Å². The van der Waals surface area contributed by atoms with E-state index >= 15 is 0 Å². The number of benzene rings is 1. The molecule has 1 atom stereocenters. The fourth-order valence-electron chi connectivity index (χ4n) is 2.74. The first-order valence-electron chi connectivity index (χ1n) is 9.22. The SMILES string of the molecule is CCCC[S+]([O-])CSc1nc(-c2ccc(F)nc2)cc(-c2ccccc2)c1C#N. The minimum Gasteiger partial charge on any atom is -0.616 e. The molecule has 4 nitrogen and oxygen atoms in total. The van der Waals surface area contributed by atoms with Gasteiger partial charge in [-0.25, -0.2) is 9.97 Å². The van der Waals surface area contributed by atoms with Gasteiger partial charge in [-0.1, -0.05) is 55.4 Å². The smallest absolute Gasteiger partial charge is 0.212 e. The minimum atomic E-state index is -0.984. The molecule has 1 aromatic carbocycles. The predicted molar refractivity (Wildman–Crippen MR) is 116 cm³/mol. The van der Waals surface area contributed by atoms with Crippen molar-refractivity contribution in [3.05, 3.63) is 66.2 Å². The van der Waals surface area contributed by atoms with E-state index in [1.807, 2.05) is 36.4 Å². The van der Waals surface area contributed by atoms with E-state index in [4.69, 9.17) is 0 Å². The molecule has 0 aliphatic heterocycles. The van der Waals surface area contributed by atoms with Crippen molar-refractivity contribution in [3.63, 3.8) is 0 Å². The Kier molecular flexibility index (Phi) is 7.64. The molecule has 0 amide bonds. The van der Waals surface area contributed by atoms with Crippen LogP contribution in [-0.4, -0.2) is 25.4 Å². The molecule has 0 spiro atoms. The van der Waals surface area contributed by atoms with Gasteiger partial charge in [-0.05, 0) is 41.4 Å². The summed E-state index contributed by atoms with van der Waals surface area (Å²) in [6.07, 6.45) is 3.32. The molecule has 7 heteroatoms. The standard InChI is InChI=1S/C22H20FN3OS2/c1-2-3-11-29(27)15-28-22-19(13-24)18(16-7-5-4-6-8-16)12-20(26-22)17-9-10-21(23)25-14-17/h4-10,12,14H,2-3,11,15H2,1H3. The zero-order chi connectivity index (χ0) is 20.6. The summed E-state index contributed by atoms with van der Waals surface area (Å²) in [7, 11) is 0. The summed E-state index contributed by atoms with van der Waals surface area (Å²) in [5, 5.41) is 10.7. The Hall–Kier alpha value is -2.40. The van der Waals surface area contributed by atoms with Crippen LogP contribution in [0, 0.1) is 17.3 Å². The van der Waals surface area contributed by atoms with E-state index in [-0.39, 0.29) is 0 Å². The van der Waals surface area contributed by atoms with Gasteiger partial charge in [0, 0.05) is 17.3 Å². The maximum Gasteiger partial charge on any atom is 0.212 e. The van der Waals surface area contributed by atoms with Gasteiger partial charge in [0.05, 0.1) is 11.3 Å². The maximum absolute atomic E-state index is 13.2. The summed E-state index contributed by atoms with van der Waals surface area (Å²) in [5.41, 5.74) is 3.33. The van der Waals surface area contributed by atoms with Crippen LogP contribution in [0.5, 0.6) is 0 Å². The van der Waals surface area contributed by atoms with Crippen molar-refractivity contribution >= 4 is 22.9 Å². The molecule has 2 aromatic heterocycles. The van der Waals surface area contributed by atoms with E-state index in [9.17, 15) is 14.2 Å². The number of thioether (sulfide) groups is 1. The summed E-state index contributed by atoms with van der Waals surface area (Å²) >= 11 is 0.338. The first kappa shape index (κ1) is 21.3. The van der Waals surface area contributed by atoms with E-state index < -0.39 is 17.1 Å². The van der Waals surface area contributed by atoms with Crippen LogP contribution < -0.4 is 0 Å². The lowest BCUT2D eigenvalue weighted by molar-refractivity contribution is 0.584. The number of pyridine rings is 2. The molecule has 2 heterocycles. The predicted octanol–water partition coefficient (Wildman–Crippen LogP) is 5.42. The summed E-state index contributed by atoms with van der Waals surface area (Å²) in [6.45, 7) is 2.06. The van der Waals surface area contributed by atoms with Crippen LogP contribution in [0.15, 0.2) is 59.8 Å². The summed E-state index contributed by atoms with van der Waals surface area (Å²) in [5.74, 6) is 0.0741. The van der Waals surface area contributed by atoms with Crippen molar-refractivity contribution in [1.29, 1.82) is 5.26 Å². The molecule has 0 aliphatic carbocycles. The van der Waals surface area contributed by atoms with Gasteiger partial charge in [-0.2, -0.15) is 9.65 Å². The number of hydrogen-bond donors (Lipinski definition) is 0. The molecule has 0 saturated heterocycles. The van der Waals surface area contributed by atoms with Gasteiger partial charge in [0.25, 0.3) is 0 Å². The number of nitrogens with zero attached hydrogens (tertiary/aromatic N) is 3. The van der Waals surface area contributed by atoms with Crippen LogP contribution in [0.3, 0.4) is 0 Å². The van der Waals surface area contributed by atoms with Crippen LogP contribution in [-0.2, 0) is 11.2 Å². The van der Waals surface area contributed by atoms with Gasteiger partial charge in [-0.15, -0.1) is 0 Å². The molecule has 1 unspecified atom stereocenters. The van der Waals surface area contributed by atoms with Crippen LogP contribution in [0.1, 0.15) is 25.3 Å². The molecular formula is C22H20FN3OS2. The van der Waals surface area contributed by atoms with Crippen LogP contribution in [0.2, 0.25) is 0 Å². The summed E-state index contributed by atoms with van der Waals surface area (Å²) in [4.78, 5) is 8.34. The third kappa shape index (κ3) is 5.57. The van der Waals surface area contributed by atoms with Crippen molar-refractivity contribution in [1.82, 2.24) is 9.97 Å². The summed E-state index contributed by atoms with van der Waals surface area (Å²) < 4.78 is 25.5. The fraction of sp³-hybridized carbons (Fsp3) is 0.227. The third-order valence-corrected chi connectivity index (χ3v) is 7.09. The van der Waals surface area contributed by atoms with Gasteiger partial charge in [0.1, 0.15) is 16.8 Å². The Morgan fingerprint density at radius 1 is 1.17 bits per heavy atom. The first-order chi connectivity index (χ1) is 14.1. The quantitative estimate of drug-likeness (QED) is 0.274. The highest BCUT2D eigenvalue weighted by Gasteiger charge is 2.18. The molecule has 3 aromatic rings. The molecule has 0 N–H and O–H groups in total. The topological polar surface area (TPSA) is 72.6 Å². The van der Waals surface area contributed by atoms with Gasteiger partial charge in [-0.3, -0.25) is 0 Å². The number of hydrogen-bond acceptors (Lipinski definition) is 5. The monoisotopic (exact) mass is 425 g/mol. The lowest BCUT2D eigenvalue weighted by Crippen LogP contribution is -2.09. The minimum absolute atomic E-state index is 0.376. The second-order valence-corrected chi connectivity index (χ2v) is 9.25. The Balaban J connectivity index is 2.04. The maximum atomic E-state index is 13.2. The average molecular weight is 426 g/mol. The zero-order valence-electron chi connectivity index (χ0n) is 16.0. The van der Waals surface area contributed by atoms with Gasteiger partial charge >= 0.3 is 0 Å². The Bertz CT molecular complexity index is 991. The van der Waals surface area contributed by atoms with Crippen molar-refractivity contribution in [3.8, 4) is 28.5 Å². The Morgan fingerprint density at radius 2 is 1.97 bits per heavy atom. The molecule has 0 aliphatic rings. The van der Waals surface area contributed by atoms with Gasteiger partial charge in [0.2, 0.25) is 5.95 Å². The average Bonchev–Trinajstić information content (AvgIpc) is 2.76. The van der Waals surface area contributed by atoms with E-state index in [0.29, 0.717) is 32.7 Å². The highest BCUT2D eigenvalue weighted by atomic mass is 32.3. The molecule has 29 heavy (non-hydrogen) atoms. The van der Waals surface area contributed by atoms with Crippen molar-refractivity contribution < 1.29 is 8.94 Å². The number of aromatic nitrogens is 2. The number of rotatable bonds is 8. The molecular weight excluding hydrogens is 405 g/mol. The van der Waals surface area contributed by atoms with E-state index in [1.54, 1.807) is 6.07 Å². The largest absolute Gasteiger partial charge is 0.616 e. The Morgan fingerprint density at radius 3 is 2.62 bits per heavy atom. The van der Waals surface area contributed by atoms with E-state index in [0.717, 1.165) is 24.0 Å². The zero-order valence-corrected chi connectivity index (χ0v) is 17.6. The second kappa shape index (κ2) is 10.4. The van der Waals surface area contributed by atoms with Crippen molar-refractivity contribution in [2.24, 2.45) is 0 Å². The molecule has 0 fully saturated rings. The second-order valence-electron chi connectivity index (χ2n) is 6.34. The fourth-order valence-corrected chi connectivity index (χ4v) is 5.26. The van der Waals surface area contributed by atoms with Crippen LogP contribution in [0.4, 0.5) is 4.39 Å². The number of halogens is 1.